The van der Waals surface area contributed by atoms with E-state index < -0.39 is 0 Å². The van der Waals surface area contributed by atoms with Crippen molar-refractivity contribution in [2.75, 3.05) is 0 Å². The molecule has 0 amide bonds. The van der Waals surface area contributed by atoms with Crippen LogP contribution in [0.3, 0.4) is 0 Å². The van der Waals surface area contributed by atoms with Crippen LogP contribution in [0.2, 0.25) is 0 Å². The molecule has 0 aromatic carbocycles. The highest BCUT2D eigenvalue weighted by molar-refractivity contribution is 6.20. The molecule has 0 bridgehead atoms. The van der Waals surface area contributed by atoms with Crippen LogP contribution >= 0.6 is 11.6 Å². The number of alkyl halides is 1. The molecule has 0 N–H and O–H groups in total. The van der Waals surface area contributed by atoms with Gasteiger partial charge in [-0.05, 0) is 25.2 Å². The molecule has 0 aromatic rings. The van der Waals surface area contributed by atoms with Crippen LogP contribution in [0, 0.1) is 11.8 Å². The maximum atomic E-state index is 5.99. The molecule has 0 saturated carbocycles. The third-order valence-electron chi connectivity index (χ3n) is 2.64. The molecule has 68 valence electrons. The quantitative estimate of drug-likeness (QED) is 0.554. The Kier molecular flexibility index (Phi) is 6.03. The molecule has 0 heterocycles. The minimum Gasteiger partial charge on any atom is -0.123 e. The van der Waals surface area contributed by atoms with E-state index >= 15 is 0 Å². The van der Waals surface area contributed by atoms with Gasteiger partial charge in [0, 0.05) is 5.38 Å². The van der Waals surface area contributed by atoms with Crippen LogP contribution in [-0.2, 0) is 0 Å². The Bertz CT molecular complexity index is 84.9. The van der Waals surface area contributed by atoms with Crippen molar-refractivity contribution in [2.24, 2.45) is 11.8 Å². The van der Waals surface area contributed by atoms with E-state index in [1.54, 1.807) is 0 Å². The van der Waals surface area contributed by atoms with Gasteiger partial charge in [-0.2, -0.15) is 0 Å². The first-order valence-electron chi connectivity index (χ1n) is 4.75. The fraction of sp³-hybridized carbons (Fsp3) is 1.00. The Labute approximate surface area is 76.3 Å². The zero-order valence-electron chi connectivity index (χ0n) is 8.23. The molecule has 0 spiro atoms. The molecular formula is C10H21Cl. The summed E-state index contributed by atoms with van der Waals surface area (Å²) in [6.07, 6.45) is 3.88. The molecule has 0 aliphatic heterocycles. The zero-order valence-corrected chi connectivity index (χ0v) is 8.99. The SMILES string of the molecule is CCC(CC)CC(C)C(C)Cl. The van der Waals surface area contributed by atoms with E-state index in [9.17, 15) is 0 Å². The zero-order chi connectivity index (χ0) is 8.85. The van der Waals surface area contributed by atoms with Gasteiger partial charge in [0.15, 0.2) is 0 Å². The summed E-state index contributed by atoms with van der Waals surface area (Å²) in [7, 11) is 0. The second-order valence-electron chi connectivity index (χ2n) is 3.57. The minimum absolute atomic E-state index is 0.329. The van der Waals surface area contributed by atoms with Crippen LogP contribution in [0.15, 0.2) is 0 Å². The number of hydrogen-bond acceptors (Lipinski definition) is 0. The Hall–Kier alpha value is 0.290. The second-order valence-corrected chi connectivity index (χ2v) is 4.26. The summed E-state index contributed by atoms with van der Waals surface area (Å²) < 4.78 is 0. The molecule has 0 rings (SSSR count). The Morgan fingerprint density at radius 1 is 1.09 bits per heavy atom. The molecule has 1 heteroatoms. The molecule has 0 aliphatic carbocycles. The standard InChI is InChI=1S/C10H21Cl/c1-5-10(6-2)7-8(3)9(4)11/h8-10H,5-7H2,1-4H3. The van der Waals surface area contributed by atoms with Crippen molar-refractivity contribution in [2.45, 2.75) is 52.3 Å². The fourth-order valence-corrected chi connectivity index (χ4v) is 1.44. The molecule has 0 saturated heterocycles. The van der Waals surface area contributed by atoms with Gasteiger partial charge in [-0.1, -0.05) is 33.6 Å². The summed E-state index contributed by atoms with van der Waals surface area (Å²) in [5.41, 5.74) is 0. The molecule has 0 nitrogen and oxygen atoms in total. The highest BCUT2D eigenvalue weighted by Crippen LogP contribution is 2.23. The van der Waals surface area contributed by atoms with Crippen molar-refractivity contribution in [3.8, 4) is 0 Å². The highest BCUT2D eigenvalue weighted by atomic mass is 35.5. The molecule has 11 heavy (non-hydrogen) atoms. The third kappa shape index (κ3) is 4.68. The summed E-state index contributed by atoms with van der Waals surface area (Å²) in [6, 6.07) is 0. The van der Waals surface area contributed by atoms with Crippen LogP contribution in [0.5, 0.6) is 0 Å². The van der Waals surface area contributed by atoms with E-state index in [2.05, 4.69) is 27.7 Å². The van der Waals surface area contributed by atoms with Gasteiger partial charge in [-0.25, -0.2) is 0 Å². The first-order valence-corrected chi connectivity index (χ1v) is 5.19. The topological polar surface area (TPSA) is 0 Å². The van der Waals surface area contributed by atoms with Crippen molar-refractivity contribution in [1.29, 1.82) is 0 Å². The molecule has 0 radical (unpaired) electrons. The van der Waals surface area contributed by atoms with E-state index in [1.165, 1.54) is 19.3 Å². The van der Waals surface area contributed by atoms with Crippen molar-refractivity contribution in [3.05, 3.63) is 0 Å². The first kappa shape index (κ1) is 11.3. The molecule has 2 unspecified atom stereocenters. The lowest BCUT2D eigenvalue weighted by atomic mass is 9.90. The van der Waals surface area contributed by atoms with E-state index in [-0.39, 0.29) is 0 Å². The van der Waals surface area contributed by atoms with Gasteiger partial charge in [0.1, 0.15) is 0 Å². The summed E-state index contributed by atoms with van der Waals surface area (Å²) in [6.45, 7) is 8.87. The predicted molar refractivity (Wildman–Crippen MR) is 53.2 cm³/mol. The largest absolute Gasteiger partial charge is 0.123 e. The van der Waals surface area contributed by atoms with Crippen LogP contribution < -0.4 is 0 Å². The van der Waals surface area contributed by atoms with Crippen LogP contribution in [0.25, 0.3) is 0 Å². The Morgan fingerprint density at radius 3 is 1.82 bits per heavy atom. The average molecular weight is 177 g/mol. The molecule has 2 atom stereocenters. The maximum Gasteiger partial charge on any atom is 0.0333 e. The monoisotopic (exact) mass is 176 g/mol. The van der Waals surface area contributed by atoms with E-state index in [0.29, 0.717) is 11.3 Å². The van der Waals surface area contributed by atoms with Gasteiger partial charge in [0.2, 0.25) is 0 Å². The number of hydrogen-bond donors (Lipinski definition) is 0. The van der Waals surface area contributed by atoms with E-state index in [4.69, 9.17) is 11.6 Å². The van der Waals surface area contributed by atoms with E-state index in [1.807, 2.05) is 0 Å². The van der Waals surface area contributed by atoms with Crippen molar-refractivity contribution >= 4 is 11.6 Å². The van der Waals surface area contributed by atoms with Crippen molar-refractivity contribution < 1.29 is 0 Å². The van der Waals surface area contributed by atoms with Gasteiger partial charge >= 0.3 is 0 Å². The van der Waals surface area contributed by atoms with Crippen molar-refractivity contribution in [3.63, 3.8) is 0 Å². The van der Waals surface area contributed by atoms with Gasteiger partial charge < -0.3 is 0 Å². The lowest BCUT2D eigenvalue weighted by Gasteiger charge is -2.19. The highest BCUT2D eigenvalue weighted by Gasteiger charge is 2.13. The van der Waals surface area contributed by atoms with Crippen LogP contribution in [0.4, 0.5) is 0 Å². The smallest absolute Gasteiger partial charge is 0.0333 e. The van der Waals surface area contributed by atoms with Gasteiger partial charge in [0.25, 0.3) is 0 Å². The van der Waals surface area contributed by atoms with Crippen LogP contribution in [-0.4, -0.2) is 5.38 Å². The molecular weight excluding hydrogens is 156 g/mol. The van der Waals surface area contributed by atoms with E-state index in [0.717, 1.165) is 5.92 Å². The normalized spacial score (nSPS) is 16.9. The number of halogens is 1. The number of rotatable bonds is 5. The van der Waals surface area contributed by atoms with Gasteiger partial charge in [0.05, 0.1) is 0 Å². The molecule has 0 aromatic heterocycles. The Morgan fingerprint density at radius 2 is 1.55 bits per heavy atom. The average Bonchev–Trinajstić information content (AvgIpc) is 1.99. The van der Waals surface area contributed by atoms with Crippen molar-refractivity contribution in [1.82, 2.24) is 0 Å². The summed E-state index contributed by atoms with van der Waals surface area (Å²) in [5.74, 6) is 1.55. The lowest BCUT2D eigenvalue weighted by Crippen LogP contribution is -2.12. The summed E-state index contributed by atoms with van der Waals surface area (Å²) in [5, 5.41) is 0.329. The maximum absolute atomic E-state index is 5.99. The van der Waals surface area contributed by atoms with Crippen LogP contribution in [0.1, 0.15) is 47.0 Å². The second kappa shape index (κ2) is 5.88. The third-order valence-corrected chi connectivity index (χ3v) is 3.07. The minimum atomic E-state index is 0.329. The predicted octanol–water partition coefficient (Wildman–Crippen LogP) is 4.08. The summed E-state index contributed by atoms with van der Waals surface area (Å²) >= 11 is 5.99. The first-order chi connectivity index (χ1) is 5.11. The van der Waals surface area contributed by atoms with Gasteiger partial charge in [-0.15, -0.1) is 11.6 Å². The molecule has 0 aliphatic rings. The summed E-state index contributed by atoms with van der Waals surface area (Å²) in [4.78, 5) is 0. The lowest BCUT2D eigenvalue weighted by molar-refractivity contribution is 0.367. The molecule has 0 fully saturated rings. The van der Waals surface area contributed by atoms with Gasteiger partial charge in [-0.3, -0.25) is 0 Å². The fourth-order valence-electron chi connectivity index (χ4n) is 1.34. The Balaban J connectivity index is 3.62.